The van der Waals surface area contributed by atoms with E-state index in [0.717, 1.165) is 11.1 Å². The second-order valence-corrected chi connectivity index (χ2v) is 6.39. The first kappa shape index (κ1) is 17.9. The van der Waals surface area contributed by atoms with Crippen LogP contribution in [0.3, 0.4) is 0 Å². The van der Waals surface area contributed by atoms with Gasteiger partial charge in [0.2, 0.25) is 5.75 Å². The van der Waals surface area contributed by atoms with E-state index in [1.54, 1.807) is 21.3 Å². The summed E-state index contributed by atoms with van der Waals surface area (Å²) in [7, 11) is 4.80. The normalized spacial score (nSPS) is 23.6. The quantitative estimate of drug-likeness (QED) is 0.840. The van der Waals surface area contributed by atoms with Gasteiger partial charge in [-0.2, -0.15) is 0 Å². The molecule has 2 rings (SSSR count). The minimum absolute atomic E-state index is 0.0192. The molecule has 2 atom stereocenters. The van der Waals surface area contributed by atoms with Crippen molar-refractivity contribution in [3.63, 3.8) is 0 Å². The van der Waals surface area contributed by atoms with Crippen molar-refractivity contribution in [1.82, 2.24) is 0 Å². The Morgan fingerprint density at radius 1 is 1.17 bits per heavy atom. The van der Waals surface area contributed by atoms with Gasteiger partial charge in [-0.05, 0) is 36.8 Å². The van der Waals surface area contributed by atoms with E-state index in [0.29, 0.717) is 36.5 Å². The van der Waals surface area contributed by atoms with Crippen molar-refractivity contribution in [2.75, 3.05) is 27.9 Å². The SMILES string of the molecule is COc1cc2c(c(OC)c1OC)CC[C@H](O)[C@]2(CCO)C(C)C. The van der Waals surface area contributed by atoms with Gasteiger partial charge in [0.1, 0.15) is 0 Å². The molecular weight excluding hydrogens is 296 g/mol. The summed E-state index contributed by atoms with van der Waals surface area (Å²) in [4.78, 5) is 0. The average Bonchev–Trinajstić information content (AvgIpc) is 2.55. The molecule has 2 N–H and O–H groups in total. The van der Waals surface area contributed by atoms with E-state index in [-0.39, 0.29) is 12.5 Å². The maximum Gasteiger partial charge on any atom is 0.203 e. The molecule has 0 radical (unpaired) electrons. The molecule has 5 heteroatoms. The van der Waals surface area contributed by atoms with Gasteiger partial charge in [0.05, 0.1) is 27.4 Å². The highest BCUT2D eigenvalue weighted by atomic mass is 16.5. The lowest BCUT2D eigenvalue weighted by atomic mass is 9.60. The third-order valence-electron chi connectivity index (χ3n) is 5.25. The monoisotopic (exact) mass is 324 g/mol. The van der Waals surface area contributed by atoms with Crippen LogP contribution in [-0.2, 0) is 11.8 Å². The van der Waals surface area contributed by atoms with Crippen LogP contribution in [0.2, 0.25) is 0 Å². The topological polar surface area (TPSA) is 68.2 Å². The molecule has 0 spiro atoms. The number of rotatable bonds is 6. The Morgan fingerprint density at radius 2 is 1.83 bits per heavy atom. The summed E-state index contributed by atoms with van der Waals surface area (Å²) in [5.74, 6) is 1.98. The van der Waals surface area contributed by atoms with E-state index in [2.05, 4.69) is 13.8 Å². The number of fused-ring (bicyclic) bond motifs is 1. The second kappa shape index (κ2) is 6.97. The first-order valence-corrected chi connectivity index (χ1v) is 8.09. The molecule has 5 nitrogen and oxygen atoms in total. The maximum absolute atomic E-state index is 10.8. The number of ether oxygens (including phenoxy) is 3. The van der Waals surface area contributed by atoms with Gasteiger partial charge in [0.15, 0.2) is 11.5 Å². The summed E-state index contributed by atoms with van der Waals surface area (Å²) in [5.41, 5.74) is 1.52. The lowest BCUT2D eigenvalue weighted by Crippen LogP contribution is -2.48. The van der Waals surface area contributed by atoms with E-state index in [4.69, 9.17) is 14.2 Å². The van der Waals surface area contributed by atoms with Crippen molar-refractivity contribution in [1.29, 1.82) is 0 Å². The van der Waals surface area contributed by atoms with Crippen LogP contribution < -0.4 is 14.2 Å². The summed E-state index contributed by atoms with van der Waals surface area (Å²) in [5, 5.41) is 20.4. The predicted molar refractivity (Wildman–Crippen MR) is 88.6 cm³/mol. The van der Waals surface area contributed by atoms with Crippen LogP contribution in [0.4, 0.5) is 0 Å². The number of benzene rings is 1. The molecule has 0 saturated heterocycles. The summed E-state index contributed by atoms with van der Waals surface area (Å²) in [6, 6.07) is 1.94. The van der Waals surface area contributed by atoms with Gasteiger partial charge in [-0.15, -0.1) is 0 Å². The highest BCUT2D eigenvalue weighted by molar-refractivity contribution is 5.62. The summed E-state index contributed by atoms with van der Waals surface area (Å²) >= 11 is 0. The van der Waals surface area contributed by atoms with Gasteiger partial charge in [-0.3, -0.25) is 0 Å². The number of aliphatic hydroxyl groups excluding tert-OH is 2. The fourth-order valence-corrected chi connectivity index (χ4v) is 4.07. The van der Waals surface area contributed by atoms with Crippen molar-refractivity contribution >= 4 is 0 Å². The minimum atomic E-state index is -0.519. The lowest BCUT2D eigenvalue weighted by Gasteiger charge is -2.46. The third-order valence-corrected chi connectivity index (χ3v) is 5.25. The molecule has 23 heavy (non-hydrogen) atoms. The highest BCUT2D eigenvalue weighted by Crippen LogP contribution is 2.52. The summed E-state index contributed by atoms with van der Waals surface area (Å²) < 4.78 is 16.6. The van der Waals surface area contributed by atoms with E-state index in [1.807, 2.05) is 6.07 Å². The van der Waals surface area contributed by atoms with Crippen LogP contribution in [-0.4, -0.2) is 44.3 Å². The average molecular weight is 324 g/mol. The van der Waals surface area contributed by atoms with E-state index >= 15 is 0 Å². The van der Waals surface area contributed by atoms with Crippen molar-refractivity contribution in [3.8, 4) is 17.2 Å². The van der Waals surface area contributed by atoms with Crippen molar-refractivity contribution in [3.05, 3.63) is 17.2 Å². The molecule has 1 aromatic carbocycles. The number of methoxy groups -OCH3 is 3. The van der Waals surface area contributed by atoms with Gasteiger partial charge < -0.3 is 24.4 Å². The third kappa shape index (κ3) is 2.66. The Balaban J connectivity index is 2.79. The molecule has 1 aliphatic carbocycles. The molecule has 0 heterocycles. The van der Waals surface area contributed by atoms with Gasteiger partial charge in [0.25, 0.3) is 0 Å². The zero-order valence-corrected chi connectivity index (χ0v) is 14.7. The molecule has 0 aliphatic heterocycles. The van der Waals surface area contributed by atoms with Gasteiger partial charge >= 0.3 is 0 Å². The summed E-state index contributed by atoms with van der Waals surface area (Å²) in [6.45, 7) is 4.18. The second-order valence-electron chi connectivity index (χ2n) is 6.39. The molecular formula is C18H28O5. The maximum atomic E-state index is 10.8. The van der Waals surface area contributed by atoms with Crippen LogP contribution >= 0.6 is 0 Å². The van der Waals surface area contributed by atoms with Crippen LogP contribution in [0.1, 0.15) is 37.8 Å². The van der Waals surface area contributed by atoms with E-state index in [9.17, 15) is 10.2 Å². The van der Waals surface area contributed by atoms with Crippen LogP contribution in [0.5, 0.6) is 17.2 Å². The fourth-order valence-electron chi connectivity index (χ4n) is 4.07. The van der Waals surface area contributed by atoms with Crippen LogP contribution in [0.15, 0.2) is 6.07 Å². The standard InChI is InChI=1S/C18H28O5/c1-11(2)18(8-9-19)13-10-14(21-3)17(23-5)16(22-4)12(13)6-7-15(18)20/h10-11,15,19-20H,6-9H2,1-5H3/t15-,18+/m0/s1. The molecule has 0 saturated carbocycles. The van der Waals surface area contributed by atoms with Crippen molar-refractivity contribution in [2.45, 2.75) is 44.6 Å². The predicted octanol–water partition coefficient (Wildman–Crippen LogP) is 2.30. The molecule has 0 amide bonds. The van der Waals surface area contributed by atoms with Gasteiger partial charge in [-0.1, -0.05) is 13.8 Å². The lowest BCUT2D eigenvalue weighted by molar-refractivity contribution is 0.0173. The number of hydrogen-bond donors (Lipinski definition) is 2. The van der Waals surface area contributed by atoms with Crippen molar-refractivity contribution < 1.29 is 24.4 Å². The molecule has 1 aliphatic rings. The van der Waals surface area contributed by atoms with E-state index < -0.39 is 11.5 Å². The zero-order chi connectivity index (χ0) is 17.2. The highest BCUT2D eigenvalue weighted by Gasteiger charge is 2.47. The molecule has 0 aromatic heterocycles. The Labute approximate surface area is 138 Å². The molecule has 0 fully saturated rings. The van der Waals surface area contributed by atoms with Gasteiger partial charge in [0, 0.05) is 17.6 Å². The Bertz CT molecular complexity index is 555. The zero-order valence-electron chi connectivity index (χ0n) is 14.7. The van der Waals surface area contributed by atoms with Gasteiger partial charge in [-0.25, -0.2) is 0 Å². The fraction of sp³-hybridized carbons (Fsp3) is 0.667. The minimum Gasteiger partial charge on any atom is -0.493 e. The Morgan fingerprint density at radius 3 is 2.30 bits per heavy atom. The first-order valence-electron chi connectivity index (χ1n) is 8.09. The van der Waals surface area contributed by atoms with Crippen molar-refractivity contribution in [2.24, 2.45) is 5.92 Å². The summed E-state index contributed by atoms with van der Waals surface area (Å²) in [6.07, 6.45) is 1.33. The number of aliphatic hydroxyl groups is 2. The van der Waals surface area contributed by atoms with E-state index in [1.165, 1.54) is 0 Å². The molecule has 130 valence electrons. The smallest absolute Gasteiger partial charge is 0.203 e. The van der Waals surface area contributed by atoms with Crippen LogP contribution in [0.25, 0.3) is 0 Å². The number of hydrogen-bond acceptors (Lipinski definition) is 5. The molecule has 0 unspecified atom stereocenters. The molecule has 0 bridgehead atoms. The largest absolute Gasteiger partial charge is 0.493 e. The molecule has 1 aromatic rings. The first-order chi connectivity index (χ1) is 11.0. The van der Waals surface area contributed by atoms with Crippen LogP contribution in [0, 0.1) is 5.92 Å². The Hall–Kier alpha value is -1.46. The Kier molecular flexibility index (Phi) is 5.42.